The molecular formula is C12H10O3. The smallest absolute Gasteiger partial charge is 0.318 e. The molecule has 3 heteroatoms. The zero-order chi connectivity index (χ0) is 10.4. The van der Waals surface area contributed by atoms with E-state index in [4.69, 9.17) is 4.74 Å². The average Bonchev–Trinajstić information content (AvgIpc) is 2.46. The van der Waals surface area contributed by atoms with Crippen molar-refractivity contribution in [3.05, 3.63) is 23.8 Å². The standard InChI is InChI=1S/C12H10O3/c1-5-4-12-3-2-6(12)7-8(9(5)12)11(14)15-10(7)13/h2-4,6-9H,1H3. The van der Waals surface area contributed by atoms with Crippen molar-refractivity contribution in [3.63, 3.8) is 0 Å². The summed E-state index contributed by atoms with van der Waals surface area (Å²) >= 11 is 0. The summed E-state index contributed by atoms with van der Waals surface area (Å²) in [4.78, 5) is 23.2. The van der Waals surface area contributed by atoms with E-state index < -0.39 is 0 Å². The molecular weight excluding hydrogens is 192 g/mol. The van der Waals surface area contributed by atoms with Gasteiger partial charge in [-0.1, -0.05) is 23.8 Å². The third kappa shape index (κ3) is 0.578. The summed E-state index contributed by atoms with van der Waals surface area (Å²) in [6.07, 6.45) is 6.41. The number of esters is 2. The molecule has 5 atom stereocenters. The van der Waals surface area contributed by atoms with Crippen LogP contribution in [0.25, 0.3) is 0 Å². The highest BCUT2D eigenvalue weighted by Crippen LogP contribution is 2.70. The van der Waals surface area contributed by atoms with Gasteiger partial charge >= 0.3 is 11.9 Å². The fraction of sp³-hybridized carbons (Fsp3) is 0.500. The van der Waals surface area contributed by atoms with Gasteiger partial charge in [-0.3, -0.25) is 9.59 Å². The Morgan fingerprint density at radius 3 is 2.60 bits per heavy atom. The molecule has 4 rings (SSSR count). The van der Waals surface area contributed by atoms with E-state index in [9.17, 15) is 9.59 Å². The van der Waals surface area contributed by atoms with E-state index in [1.807, 2.05) is 6.92 Å². The first-order valence-corrected chi connectivity index (χ1v) is 5.29. The molecule has 0 aromatic carbocycles. The summed E-state index contributed by atoms with van der Waals surface area (Å²) < 4.78 is 4.74. The molecule has 0 aromatic rings. The Labute approximate surface area is 86.8 Å². The maximum absolute atomic E-state index is 11.6. The molecule has 0 N–H and O–H groups in total. The molecule has 1 aliphatic heterocycles. The fourth-order valence-corrected chi connectivity index (χ4v) is 4.02. The van der Waals surface area contributed by atoms with Crippen molar-refractivity contribution in [3.8, 4) is 0 Å². The lowest BCUT2D eigenvalue weighted by atomic mass is 9.54. The molecule has 1 saturated heterocycles. The average molecular weight is 202 g/mol. The van der Waals surface area contributed by atoms with Crippen LogP contribution in [-0.4, -0.2) is 11.9 Å². The Bertz CT molecular complexity index is 473. The molecule has 4 aliphatic rings. The quantitative estimate of drug-likeness (QED) is 0.335. The van der Waals surface area contributed by atoms with Crippen molar-refractivity contribution in [2.75, 3.05) is 0 Å². The molecule has 76 valence electrons. The predicted octanol–water partition coefficient (Wildman–Crippen LogP) is 1.06. The molecule has 3 nitrogen and oxygen atoms in total. The maximum atomic E-state index is 11.6. The molecule has 0 aromatic heterocycles. The SMILES string of the molecule is CC1=CC23C=CC2C2C(=O)OC(=O)C2C13. The van der Waals surface area contributed by atoms with E-state index in [1.54, 1.807) is 0 Å². The lowest BCUT2D eigenvalue weighted by molar-refractivity contribution is -0.155. The van der Waals surface area contributed by atoms with Gasteiger partial charge in [-0.25, -0.2) is 0 Å². The van der Waals surface area contributed by atoms with Crippen LogP contribution >= 0.6 is 0 Å². The molecule has 2 fully saturated rings. The summed E-state index contributed by atoms with van der Waals surface area (Å²) in [5.74, 6) is -0.581. The van der Waals surface area contributed by atoms with Crippen molar-refractivity contribution >= 4 is 11.9 Å². The van der Waals surface area contributed by atoms with E-state index in [0.717, 1.165) is 0 Å². The first-order chi connectivity index (χ1) is 7.15. The second kappa shape index (κ2) is 1.94. The number of carbonyl (C=O) groups excluding carboxylic acids is 2. The van der Waals surface area contributed by atoms with Crippen molar-refractivity contribution in [2.24, 2.45) is 29.1 Å². The van der Waals surface area contributed by atoms with Gasteiger partial charge < -0.3 is 4.74 Å². The number of cyclic esters (lactones) is 2. The Morgan fingerprint density at radius 1 is 1.27 bits per heavy atom. The molecule has 1 heterocycles. The first kappa shape index (κ1) is 7.85. The molecule has 5 unspecified atom stereocenters. The number of rotatable bonds is 0. The highest BCUT2D eigenvalue weighted by molar-refractivity contribution is 5.99. The van der Waals surface area contributed by atoms with Crippen LogP contribution in [0, 0.1) is 29.1 Å². The predicted molar refractivity (Wildman–Crippen MR) is 50.4 cm³/mol. The summed E-state index contributed by atoms with van der Waals surface area (Å²) in [7, 11) is 0. The zero-order valence-electron chi connectivity index (χ0n) is 8.27. The second-order valence-electron chi connectivity index (χ2n) is 5.04. The molecule has 3 aliphatic carbocycles. The van der Waals surface area contributed by atoms with Gasteiger partial charge in [0.25, 0.3) is 0 Å². The van der Waals surface area contributed by atoms with Crippen LogP contribution in [0.3, 0.4) is 0 Å². The lowest BCUT2D eigenvalue weighted by Gasteiger charge is -2.49. The topological polar surface area (TPSA) is 43.4 Å². The maximum Gasteiger partial charge on any atom is 0.318 e. The van der Waals surface area contributed by atoms with Crippen molar-refractivity contribution < 1.29 is 14.3 Å². The van der Waals surface area contributed by atoms with Crippen LogP contribution in [0.5, 0.6) is 0 Å². The summed E-state index contributed by atoms with van der Waals surface area (Å²) in [5.41, 5.74) is 1.28. The fourth-order valence-electron chi connectivity index (χ4n) is 4.02. The third-order valence-corrected chi connectivity index (χ3v) is 4.55. The zero-order valence-corrected chi connectivity index (χ0v) is 8.27. The van der Waals surface area contributed by atoms with Crippen molar-refractivity contribution in [1.29, 1.82) is 0 Å². The van der Waals surface area contributed by atoms with Gasteiger partial charge in [0.15, 0.2) is 0 Å². The van der Waals surface area contributed by atoms with Crippen molar-refractivity contribution in [1.82, 2.24) is 0 Å². The summed E-state index contributed by atoms with van der Waals surface area (Å²) in [6.45, 7) is 2.04. The van der Waals surface area contributed by atoms with Gasteiger partial charge in [0.05, 0.1) is 11.8 Å². The molecule has 0 bridgehead atoms. The van der Waals surface area contributed by atoms with E-state index in [-0.39, 0.29) is 41.0 Å². The second-order valence-corrected chi connectivity index (χ2v) is 5.04. The van der Waals surface area contributed by atoms with Gasteiger partial charge in [-0.15, -0.1) is 0 Å². The molecule has 15 heavy (non-hydrogen) atoms. The highest BCUT2D eigenvalue weighted by atomic mass is 16.6. The lowest BCUT2D eigenvalue weighted by Crippen LogP contribution is -2.44. The summed E-state index contributed by atoms with van der Waals surface area (Å²) in [6, 6.07) is 0. The monoisotopic (exact) mass is 202 g/mol. The number of hydrogen-bond donors (Lipinski definition) is 0. The van der Waals surface area contributed by atoms with Crippen LogP contribution in [0.15, 0.2) is 23.8 Å². The van der Waals surface area contributed by atoms with Crippen LogP contribution in [0.1, 0.15) is 6.92 Å². The van der Waals surface area contributed by atoms with Gasteiger partial charge in [-0.2, -0.15) is 0 Å². The summed E-state index contributed by atoms with van der Waals surface area (Å²) in [5, 5.41) is 0. The van der Waals surface area contributed by atoms with Gasteiger partial charge in [0.2, 0.25) is 0 Å². The first-order valence-electron chi connectivity index (χ1n) is 5.29. The van der Waals surface area contributed by atoms with Crippen LogP contribution in [0.2, 0.25) is 0 Å². The van der Waals surface area contributed by atoms with E-state index >= 15 is 0 Å². The normalized spacial score (nSPS) is 53.5. The van der Waals surface area contributed by atoms with Crippen LogP contribution < -0.4 is 0 Å². The van der Waals surface area contributed by atoms with Crippen LogP contribution in [-0.2, 0) is 14.3 Å². The minimum Gasteiger partial charge on any atom is -0.393 e. The van der Waals surface area contributed by atoms with E-state index in [1.165, 1.54) is 5.57 Å². The largest absolute Gasteiger partial charge is 0.393 e. The van der Waals surface area contributed by atoms with E-state index in [0.29, 0.717) is 0 Å². The van der Waals surface area contributed by atoms with Gasteiger partial charge in [-0.05, 0) is 6.92 Å². The number of carbonyl (C=O) groups is 2. The van der Waals surface area contributed by atoms with Crippen LogP contribution in [0.4, 0.5) is 0 Å². The minimum atomic E-state index is -0.311. The van der Waals surface area contributed by atoms with Gasteiger partial charge in [0, 0.05) is 17.3 Å². The number of hydrogen-bond acceptors (Lipinski definition) is 3. The Balaban J connectivity index is 1.91. The highest BCUT2D eigenvalue weighted by Gasteiger charge is 2.71. The number of ether oxygens (including phenoxy) is 1. The van der Waals surface area contributed by atoms with Gasteiger partial charge in [0.1, 0.15) is 0 Å². The Hall–Kier alpha value is -1.38. The molecule has 1 spiro atoms. The minimum absolute atomic E-state index is 0.0362. The van der Waals surface area contributed by atoms with E-state index in [2.05, 4.69) is 18.2 Å². The molecule has 0 radical (unpaired) electrons. The molecule has 1 saturated carbocycles. The molecule has 0 amide bonds. The Kier molecular flexibility index (Phi) is 1.02. The Morgan fingerprint density at radius 2 is 2.00 bits per heavy atom. The third-order valence-electron chi connectivity index (χ3n) is 4.55. The number of allylic oxidation sites excluding steroid dienone is 4. The number of fused-ring (bicyclic) bond motifs is 3. The van der Waals surface area contributed by atoms with Crippen molar-refractivity contribution in [2.45, 2.75) is 6.92 Å².